The summed E-state index contributed by atoms with van der Waals surface area (Å²) in [6.45, 7) is 0. The summed E-state index contributed by atoms with van der Waals surface area (Å²) in [5.41, 5.74) is 2.46. The van der Waals surface area contributed by atoms with Gasteiger partial charge in [-0.25, -0.2) is 4.79 Å². The van der Waals surface area contributed by atoms with Crippen molar-refractivity contribution in [3.8, 4) is 11.5 Å². The molecule has 1 heterocycles. The molecule has 3 rings (SSSR count). The van der Waals surface area contributed by atoms with Crippen LogP contribution < -0.4 is 5.69 Å². The van der Waals surface area contributed by atoms with Crippen molar-refractivity contribution in [3.63, 3.8) is 0 Å². The molecule has 0 fully saturated rings. The zero-order valence-electron chi connectivity index (χ0n) is 10.3. The summed E-state index contributed by atoms with van der Waals surface area (Å²) in [6, 6.07) is 9.70. The van der Waals surface area contributed by atoms with E-state index in [1.54, 1.807) is 30.5 Å². The van der Waals surface area contributed by atoms with E-state index in [-0.39, 0.29) is 17.2 Å². The second kappa shape index (κ2) is 4.58. The summed E-state index contributed by atoms with van der Waals surface area (Å²) in [5, 5.41) is 18.6. The molecular formula is C14H11N3O3. The molecule has 6 heteroatoms. The van der Waals surface area contributed by atoms with Crippen LogP contribution in [-0.4, -0.2) is 26.4 Å². The van der Waals surface area contributed by atoms with Gasteiger partial charge in [0.25, 0.3) is 0 Å². The van der Waals surface area contributed by atoms with Crippen LogP contribution in [0.25, 0.3) is 11.0 Å². The minimum Gasteiger partial charge on any atom is -0.504 e. The molecule has 0 unspecified atom stereocenters. The number of phenols is 2. The van der Waals surface area contributed by atoms with E-state index in [0.717, 1.165) is 5.52 Å². The zero-order chi connectivity index (χ0) is 14.1. The van der Waals surface area contributed by atoms with Gasteiger partial charge < -0.3 is 20.2 Å². The summed E-state index contributed by atoms with van der Waals surface area (Å²) in [7, 11) is 0. The van der Waals surface area contributed by atoms with Crippen LogP contribution in [0.4, 0.5) is 5.69 Å². The Morgan fingerprint density at radius 3 is 2.55 bits per heavy atom. The molecule has 100 valence electrons. The topological polar surface area (TPSA) is 101 Å². The fraction of sp³-hybridized carbons (Fsp3) is 0. The third-order valence-corrected chi connectivity index (χ3v) is 2.86. The van der Waals surface area contributed by atoms with Gasteiger partial charge in [0, 0.05) is 6.21 Å². The van der Waals surface area contributed by atoms with Gasteiger partial charge in [0.15, 0.2) is 11.5 Å². The summed E-state index contributed by atoms with van der Waals surface area (Å²) < 4.78 is 0. The van der Waals surface area contributed by atoms with Gasteiger partial charge in [0.05, 0.1) is 16.7 Å². The van der Waals surface area contributed by atoms with Gasteiger partial charge in [0.2, 0.25) is 0 Å². The Morgan fingerprint density at radius 1 is 0.950 bits per heavy atom. The van der Waals surface area contributed by atoms with E-state index >= 15 is 0 Å². The van der Waals surface area contributed by atoms with Gasteiger partial charge in [-0.1, -0.05) is 0 Å². The summed E-state index contributed by atoms with van der Waals surface area (Å²) in [6.07, 6.45) is 1.56. The molecule has 0 radical (unpaired) electrons. The second-order valence-electron chi connectivity index (χ2n) is 4.32. The summed E-state index contributed by atoms with van der Waals surface area (Å²) in [4.78, 5) is 20.7. The number of aromatic hydroxyl groups is 2. The molecule has 0 saturated heterocycles. The minimum atomic E-state index is -0.260. The average Bonchev–Trinajstić information content (AvgIpc) is 2.79. The van der Waals surface area contributed by atoms with Crippen molar-refractivity contribution < 1.29 is 10.2 Å². The lowest BCUT2D eigenvalue weighted by Gasteiger charge is -1.98. The van der Waals surface area contributed by atoms with Gasteiger partial charge in [0.1, 0.15) is 0 Å². The Labute approximate surface area is 113 Å². The lowest BCUT2D eigenvalue weighted by molar-refractivity contribution is 0.403. The molecule has 2 aromatic carbocycles. The van der Waals surface area contributed by atoms with Crippen LogP contribution in [0.2, 0.25) is 0 Å². The number of aliphatic imine (C=N–C) groups is 1. The highest BCUT2D eigenvalue weighted by molar-refractivity contribution is 5.85. The SMILES string of the molecule is O=c1[nH]c2ccc(N=Cc3ccc(O)c(O)c3)cc2[nH]1. The maximum Gasteiger partial charge on any atom is 0.323 e. The number of phenolic OH excluding ortho intramolecular Hbond substituents is 2. The number of H-pyrrole nitrogens is 2. The number of nitrogens with zero attached hydrogens (tertiary/aromatic N) is 1. The molecule has 0 aliphatic rings. The zero-order valence-corrected chi connectivity index (χ0v) is 10.3. The molecule has 0 saturated carbocycles. The van der Waals surface area contributed by atoms with Crippen LogP contribution >= 0.6 is 0 Å². The lowest BCUT2D eigenvalue weighted by atomic mass is 10.2. The third kappa shape index (κ3) is 2.26. The van der Waals surface area contributed by atoms with E-state index in [1.807, 2.05) is 0 Å². The highest BCUT2D eigenvalue weighted by Gasteiger charge is 2.00. The molecule has 20 heavy (non-hydrogen) atoms. The molecule has 0 aliphatic carbocycles. The van der Waals surface area contributed by atoms with Crippen LogP contribution in [0.1, 0.15) is 5.56 Å². The van der Waals surface area contributed by atoms with E-state index in [2.05, 4.69) is 15.0 Å². The lowest BCUT2D eigenvalue weighted by Crippen LogP contribution is -1.99. The highest BCUT2D eigenvalue weighted by Crippen LogP contribution is 2.24. The van der Waals surface area contributed by atoms with Crippen LogP contribution in [0.5, 0.6) is 11.5 Å². The second-order valence-corrected chi connectivity index (χ2v) is 4.32. The van der Waals surface area contributed by atoms with E-state index in [0.29, 0.717) is 16.8 Å². The first-order valence-electron chi connectivity index (χ1n) is 5.90. The molecule has 0 amide bonds. The fourth-order valence-corrected chi connectivity index (χ4v) is 1.87. The Morgan fingerprint density at radius 2 is 1.75 bits per heavy atom. The molecule has 6 nitrogen and oxygen atoms in total. The highest BCUT2D eigenvalue weighted by atomic mass is 16.3. The fourth-order valence-electron chi connectivity index (χ4n) is 1.87. The molecular weight excluding hydrogens is 258 g/mol. The van der Waals surface area contributed by atoms with E-state index < -0.39 is 0 Å². The number of aromatic nitrogens is 2. The van der Waals surface area contributed by atoms with Crippen LogP contribution in [0, 0.1) is 0 Å². The van der Waals surface area contributed by atoms with Gasteiger partial charge in [-0.3, -0.25) is 4.99 Å². The Hall–Kier alpha value is -3.02. The van der Waals surface area contributed by atoms with Crippen molar-refractivity contribution in [1.82, 2.24) is 9.97 Å². The van der Waals surface area contributed by atoms with Gasteiger partial charge in [-0.2, -0.15) is 0 Å². The largest absolute Gasteiger partial charge is 0.504 e. The maximum atomic E-state index is 11.1. The number of imidazole rings is 1. The number of benzene rings is 2. The van der Waals surface area contributed by atoms with Crippen molar-refractivity contribution in [1.29, 1.82) is 0 Å². The Kier molecular flexibility index (Phi) is 2.76. The number of fused-ring (bicyclic) bond motifs is 1. The van der Waals surface area contributed by atoms with Crippen molar-refractivity contribution in [2.45, 2.75) is 0 Å². The molecule has 0 spiro atoms. The summed E-state index contributed by atoms with van der Waals surface area (Å²) in [5.74, 6) is -0.368. The summed E-state index contributed by atoms with van der Waals surface area (Å²) >= 11 is 0. The quantitative estimate of drug-likeness (QED) is 0.423. The Bertz CT molecular complexity index is 861. The number of rotatable bonds is 2. The number of nitrogens with one attached hydrogen (secondary N) is 2. The predicted molar refractivity (Wildman–Crippen MR) is 75.9 cm³/mol. The first-order chi connectivity index (χ1) is 9.61. The Balaban J connectivity index is 1.93. The molecule has 4 N–H and O–H groups in total. The smallest absolute Gasteiger partial charge is 0.323 e. The first kappa shape index (κ1) is 12.0. The predicted octanol–water partition coefficient (Wildman–Crippen LogP) is 2.02. The average molecular weight is 269 g/mol. The molecule has 1 aromatic heterocycles. The van der Waals surface area contributed by atoms with Gasteiger partial charge >= 0.3 is 5.69 Å². The minimum absolute atomic E-state index is 0.173. The van der Waals surface area contributed by atoms with E-state index in [4.69, 9.17) is 0 Å². The van der Waals surface area contributed by atoms with E-state index in [1.165, 1.54) is 12.1 Å². The number of hydrogen-bond acceptors (Lipinski definition) is 4. The van der Waals surface area contributed by atoms with E-state index in [9.17, 15) is 15.0 Å². The van der Waals surface area contributed by atoms with Crippen LogP contribution in [0.15, 0.2) is 46.2 Å². The van der Waals surface area contributed by atoms with Crippen molar-refractivity contribution in [2.24, 2.45) is 4.99 Å². The normalized spacial score (nSPS) is 11.4. The molecule has 3 aromatic rings. The first-order valence-corrected chi connectivity index (χ1v) is 5.90. The number of hydrogen-bond donors (Lipinski definition) is 4. The van der Waals surface area contributed by atoms with Gasteiger partial charge in [-0.05, 0) is 42.0 Å². The molecule has 0 atom stereocenters. The third-order valence-electron chi connectivity index (χ3n) is 2.86. The van der Waals surface area contributed by atoms with Crippen molar-refractivity contribution in [3.05, 3.63) is 52.4 Å². The van der Waals surface area contributed by atoms with Crippen molar-refractivity contribution in [2.75, 3.05) is 0 Å². The standard InChI is InChI=1S/C14H11N3O3/c18-12-4-1-8(5-13(12)19)7-15-9-2-3-10-11(6-9)17-14(20)16-10/h1-7,18-19H,(H2,16,17,20). The molecule has 0 aliphatic heterocycles. The van der Waals surface area contributed by atoms with Crippen LogP contribution in [0.3, 0.4) is 0 Å². The van der Waals surface area contributed by atoms with Crippen LogP contribution in [-0.2, 0) is 0 Å². The maximum absolute atomic E-state index is 11.1. The van der Waals surface area contributed by atoms with Crippen molar-refractivity contribution >= 4 is 22.9 Å². The number of aromatic amines is 2. The molecule has 0 bridgehead atoms. The van der Waals surface area contributed by atoms with Gasteiger partial charge in [-0.15, -0.1) is 0 Å². The monoisotopic (exact) mass is 269 g/mol.